The van der Waals surface area contributed by atoms with Gasteiger partial charge in [-0.15, -0.1) is 0 Å². The summed E-state index contributed by atoms with van der Waals surface area (Å²) in [6, 6.07) is 0. The zero-order valence-corrected chi connectivity index (χ0v) is 8.57. The van der Waals surface area contributed by atoms with Crippen LogP contribution in [0.15, 0.2) is 23.7 Å². The van der Waals surface area contributed by atoms with Gasteiger partial charge in [0.1, 0.15) is 18.5 Å². The molecule has 1 saturated carbocycles. The number of ether oxygens (including phenoxy) is 2. The molecule has 3 aliphatic rings. The number of rotatable bonds is 0. The van der Waals surface area contributed by atoms with Crippen molar-refractivity contribution in [1.82, 2.24) is 0 Å². The molecule has 80 valence electrons. The van der Waals surface area contributed by atoms with Crippen LogP contribution in [0.3, 0.4) is 0 Å². The van der Waals surface area contributed by atoms with E-state index in [1.165, 1.54) is 6.42 Å². The number of ketones is 1. The molecular formula is C12H14O3. The molecule has 2 atom stereocenters. The Kier molecular flexibility index (Phi) is 2.04. The highest BCUT2D eigenvalue weighted by Crippen LogP contribution is 2.38. The minimum absolute atomic E-state index is 0.0730. The van der Waals surface area contributed by atoms with Crippen molar-refractivity contribution in [2.75, 3.05) is 6.61 Å². The summed E-state index contributed by atoms with van der Waals surface area (Å²) in [6.07, 6.45) is 7.84. The monoisotopic (exact) mass is 206 g/mol. The summed E-state index contributed by atoms with van der Waals surface area (Å²) in [6.45, 7) is 0.517. The molecule has 3 rings (SSSR count). The molecule has 1 aliphatic carbocycles. The van der Waals surface area contributed by atoms with E-state index in [2.05, 4.69) is 0 Å². The Labute approximate surface area is 88.7 Å². The molecule has 0 bridgehead atoms. The van der Waals surface area contributed by atoms with Crippen molar-refractivity contribution in [3.8, 4) is 0 Å². The first kappa shape index (κ1) is 9.01. The smallest absolute Gasteiger partial charge is 0.176 e. The van der Waals surface area contributed by atoms with Gasteiger partial charge in [0, 0.05) is 0 Å². The van der Waals surface area contributed by atoms with Crippen LogP contribution in [0.25, 0.3) is 0 Å². The molecule has 15 heavy (non-hydrogen) atoms. The van der Waals surface area contributed by atoms with E-state index in [0.29, 0.717) is 12.2 Å². The van der Waals surface area contributed by atoms with Gasteiger partial charge in [0.25, 0.3) is 0 Å². The predicted molar refractivity (Wildman–Crippen MR) is 54.0 cm³/mol. The topological polar surface area (TPSA) is 35.5 Å². The fourth-order valence-electron chi connectivity index (χ4n) is 2.62. The highest BCUT2D eigenvalue weighted by molar-refractivity contribution is 6.01. The number of hydrogen-bond acceptors (Lipinski definition) is 3. The van der Waals surface area contributed by atoms with Gasteiger partial charge in [-0.25, -0.2) is 0 Å². The van der Waals surface area contributed by atoms with Crippen LogP contribution in [0.4, 0.5) is 0 Å². The van der Waals surface area contributed by atoms with Gasteiger partial charge in [-0.05, 0) is 25.3 Å². The average molecular weight is 206 g/mol. The molecule has 3 heteroatoms. The van der Waals surface area contributed by atoms with Crippen molar-refractivity contribution in [3.05, 3.63) is 23.7 Å². The van der Waals surface area contributed by atoms with E-state index < -0.39 is 0 Å². The SMILES string of the molecule is O=C1C2=COCC=C2OC2CCCCC12. The quantitative estimate of drug-likeness (QED) is 0.607. The summed E-state index contributed by atoms with van der Waals surface area (Å²) in [5.41, 5.74) is 0.643. The number of allylic oxidation sites excluding steroid dienone is 1. The van der Waals surface area contributed by atoms with E-state index in [0.717, 1.165) is 25.0 Å². The Hall–Kier alpha value is -1.25. The van der Waals surface area contributed by atoms with Crippen molar-refractivity contribution in [2.24, 2.45) is 5.92 Å². The van der Waals surface area contributed by atoms with E-state index >= 15 is 0 Å². The first-order valence-corrected chi connectivity index (χ1v) is 5.59. The maximum atomic E-state index is 12.1. The van der Waals surface area contributed by atoms with Crippen LogP contribution in [0, 0.1) is 5.92 Å². The van der Waals surface area contributed by atoms with Gasteiger partial charge in [0.15, 0.2) is 5.78 Å². The van der Waals surface area contributed by atoms with Crippen LogP contribution in [0.5, 0.6) is 0 Å². The molecule has 0 amide bonds. The van der Waals surface area contributed by atoms with Crippen molar-refractivity contribution in [2.45, 2.75) is 31.8 Å². The molecule has 0 aromatic rings. The summed E-state index contributed by atoms with van der Waals surface area (Å²) in [5.74, 6) is 1.04. The fourth-order valence-corrected chi connectivity index (χ4v) is 2.62. The molecule has 1 saturated heterocycles. The Morgan fingerprint density at radius 3 is 3.07 bits per heavy atom. The minimum Gasteiger partial charge on any atom is -0.496 e. The molecule has 3 nitrogen and oxygen atoms in total. The van der Waals surface area contributed by atoms with Gasteiger partial charge >= 0.3 is 0 Å². The third-order valence-electron chi connectivity index (χ3n) is 3.41. The van der Waals surface area contributed by atoms with E-state index in [1.54, 1.807) is 6.26 Å². The number of carbonyl (C=O) groups excluding carboxylic acids is 1. The number of carbonyl (C=O) groups is 1. The van der Waals surface area contributed by atoms with Gasteiger partial charge in [-0.1, -0.05) is 6.42 Å². The van der Waals surface area contributed by atoms with E-state index in [1.807, 2.05) is 6.08 Å². The summed E-state index contributed by atoms with van der Waals surface area (Å²) < 4.78 is 11.0. The molecule has 0 N–H and O–H groups in total. The van der Waals surface area contributed by atoms with Gasteiger partial charge in [0.05, 0.1) is 17.8 Å². The summed E-state index contributed by atoms with van der Waals surface area (Å²) in [7, 11) is 0. The Bertz CT molecular complexity index is 354. The zero-order chi connectivity index (χ0) is 10.3. The lowest BCUT2D eigenvalue weighted by molar-refractivity contribution is -0.129. The lowest BCUT2D eigenvalue weighted by Crippen LogP contribution is -2.40. The summed E-state index contributed by atoms with van der Waals surface area (Å²) in [4.78, 5) is 12.1. The average Bonchev–Trinajstić information content (AvgIpc) is 2.30. The lowest BCUT2D eigenvalue weighted by Gasteiger charge is -2.37. The van der Waals surface area contributed by atoms with Gasteiger partial charge < -0.3 is 9.47 Å². The van der Waals surface area contributed by atoms with Gasteiger partial charge in [-0.3, -0.25) is 4.79 Å². The Morgan fingerprint density at radius 1 is 1.27 bits per heavy atom. The van der Waals surface area contributed by atoms with Crippen molar-refractivity contribution < 1.29 is 14.3 Å². The minimum atomic E-state index is 0.0730. The molecule has 0 radical (unpaired) electrons. The molecular weight excluding hydrogens is 192 g/mol. The lowest BCUT2D eigenvalue weighted by atomic mass is 9.79. The van der Waals surface area contributed by atoms with Crippen LogP contribution in [0.2, 0.25) is 0 Å². The van der Waals surface area contributed by atoms with Crippen molar-refractivity contribution >= 4 is 5.78 Å². The van der Waals surface area contributed by atoms with Crippen LogP contribution in [0.1, 0.15) is 25.7 Å². The normalized spacial score (nSPS) is 34.0. The van der Waals surface area contributed by atoms with E-state index in [-0.39, 0.29) is 17.8 Å². The second kappa shape index (κ2) is 3.40. The third kappa shape index (κ3) is 1.37. The first-order chi connectivity index (χ1) is 7.36. The largest absolute Gasteiger partial charge is 0.496 e. The Balaban J connectivity index is 1.92. The highest BCUT2D eigenvalue weighted by atomic mass is 16.5. The van der Waals surface area contributed by atoms with Crippen LogP contribution in [-0.4, -0.2) is 18.5 Å². The number of fused-ring (bicyclic) bond motifs is 2. The second-order valence-corrected chi connectivity index (χ2v) is 4.34. The molecule has 2 fully saturated rings. The van der Waals surface area contributed by atoms with Crippen molar-refractivity contribution in [1.29, 1.82) is 0 Å². The molecule has 2 heterocycles. The number of Topliss-reactive ketones (excluding diaryl/α,β-unsaturated/α-hetero) is 1. The third-order valence-corrected chi connectivity index (χ3v) is 3.41. The van der Waals surface area contributed by atoms with Crippen molar-refractivity contribution in [3.63, 3.8) is 0 Å². The molecule has 0 aromatic heterocycles. The predicted octanol–water partition coefficient (Wildman–Crippen LogP) is 1.94. The van der Waals surface area contributed by atoms with E-state index in [9.17, 15) is 4.79 Å². The Morgan fingerprint density at radius 2 is 2.13 bits per heavy atom. The van der Waals surface area contributed by atoms with Crippen LogP contribution < -0.4 is 0 Å². The van der Waals surface area contributed by atoms with Crippen LogP contribution >= 0.6 is 0 Å². The van der Waals surface area contributed by atoms with Gasteiger partial charge in [0.2, 0.25) is 0 Å². The fraction of sp³-hybridized carbons (Fsp3) is 0.583. The number of hydrogen-bond donors (Lipinski definition) is 0. The molecule has 2 aliphatic heterocycles. The first-order valence-electron chi connectivity index (χ1n) is 5.59. The highest BCUT2D eigenvalue weighted by Gasteiger charge is 2.41. The maximum absolute atomic E-state index is 12.1. The van der Waals surface area contributed by atoms with E-state index in [4.69, 9.17) is 9.47 Å². The van der Waals surface area contributed by atoms with Gasteiger partial charge in [-0.2, -0.15) is 0 Å². The summed E-state index contributed by atoms with van der Waals surface area (Å²) in [5, 5.41) is 0. The summed E-state index contributed by atoms with van der Waals surface area (Å²) >= 11 is 0. The zero-order valence-electron chi connectivity index (χ0n) is 8.57. The van der Waals surface area contributed by atoms with Crippen LogP contribution in [-0.2, 0) is 14.3 Å². The second-order valence-electron chi connectivity index (χ2n) is 4.34. The molecule has 0 aromatic carbocycles. The molecule has 2 unspecified atom stereocenters. The standard InChI is InChI=1S/C12H14O3/c13-12-8-3-1-2-4-10(8)15-11-5-6-14-7-9(11)12/h5,7-8,10H,1-4,6H2. The maximum Gasteiger partial charge on any atom is 0.176 e. The molecule has 0 spiro atoms.